The zero-order valence-electron chi connectivity index (χ0n) is 44.5. The first-order chi connectivity index (χ1) is 35.3. The predicted molar refractivity (Wildman–Crippen MR) is 304 cm³/mol. The highest BCUT2D eigenvalue weighted by Crippen LogP contribution is 2.19. The van der Waals surface area contributed by atoms with E-state index in [1.807, 2.05) is 184 Å². The average molecular weight is 1020 g/mol. The van der Waals surface area contributed by atoms with Gasteiger partial charge in [0.15, 0.2) is 0 Å². The second-order valence-corrected chi connectivity index (χ2v) is 14.5. The number of benzene rings is 5. The molecule has 0 fully saturated rings. The molecule has 3 heterocycles. The van der Waals surface area contributed by atoms with Crippen molar-refractivity contribution < 1.29 is 19.1 Å². The first-order valence-corrected chi connectivity index (χ1v) is 25.8. The van der Waals surface area contributed by atoms with Gasteiger partial charge in [0.05, 0.1) is 19.3 Å². The van der Waals surface area contributed by atoms with Crippen LogP contribution in [0.3, 0.4) is 0 Å². The van der Waals surface area contributed by atoms with Gasteiger partial charge in [-0.2, -0.15) is 0 Å². The minimum absolute atomic E-state index is 0.0754. The summed E-state index contributed by atoms with van der Waals surface area (Å²) in [6.45, 7) is 20.0. The Labute approximate surface area is 437 Å². The molecule has 8 rings (SSSR count). The maximum atomic E-state index is 12.0. The van der Waals surface area contributed by atoms with Gasteiger partial charge in [-0.1, -0.05) is 249 Å². The lowest BCUT2D eigenvalue weighted by atomic mass is 10.1. The fourth-order valence-corrected chi connectivity index (χ4v) is 6.51. The maximum absolute atomic E-state index is 12.0. The third-order valence-corrected chi connectivity index (χ3v) is 9.27. The SMILES string of the molecule is CC.CC.CC.CC.CC.CN.CN.Nc1nnc(Cc2ccccc2)o1.Nc1nnc(Cc2ccccc2)s1.O=C(Cc1ccccc1)Nc1nnc(Cc2ccccc2)s1.O=C(O)Cc1ccccc1. The molecule has 15 nitrogen and oxygen atoms in total. The normalized spacial score (nSPS) is 8.69. The number of aliphatic carboxylic acids is 1. The van der Waals surface area contributed by atoms with Crippen LogP contribution in [-0.2, 0) is 41.7 Å². The number of anilines is 3. The molecule has 0 aliphatic carbocycles. The van der Waals surface area contributed by atoms with Crippen LogP contribution in [0.1, 0.15) is 113 Å². The number of nitrogens with two attached hydrogens (primary N) is 4. The van der Waals surface area contributed by atoms with Crippen molar-refractivity contribution in [1.29, 1.82) is 0 Å². The van der Waals surface area contributed by atoms with E-state index in [4.69, 9.17) is 21.0 Å². The zero-order chi connectivity index (χ0) is 54.8. The summed E-state index contributed by atoms with van der Waals surface area (Å²) >= 11 is 2.85. The Balaban J connectivity index is -0.000000839. The first kappa shape index (κ1) is 69.1. The summed E-state index contributed by atoms with van der Waals surface area (Å²) in [5.74, 6) is -0.316. The molecule has 72 heavy (non-hydrogen) atoms. The number of aromatic nitrogens is 6. The van der Waals surface area contributed by atoms with Crippen LogP contribution >= 0.6 is 22.7 Å². The van der Waals surface area contributed by atoms with E-state index in [1.54, 1.807) is 12.1 Å². The van der Waals surface area contributed by atoms with Gasteiger partial charge < -0.3 is 37.8 Å². The van der Waals surface area contributed by atoms with Crippen LogP contribution in [0, 0.1) is 0 Å². The van der Waals surface area contributed by atoms with Crippen molar-refractivity contribution in [2.45, 2.75) is 101 Å². The number of carbonyl (C=O) groups is 2. The van der Waals surface area contributed by atoms with Gasteiger partial charge in [-0.15, -0.1) is 25.5 Å². The molecule has 392 valence electrons. The average Bonchev–Trinajstić information content (AvgIpc) is 4.20. The smallest absolute Gasteiger partial charge is 0.312 e. The number of amides is 1. The number of hydrogen-bond acceptors (Lipinski definition) is 15. The number of carboxylic acid groups (broad SMARTS) is 1. The molecule has 3 aromatic heterocycles. The minimum atomic E-state index is -0.786. The minimum Gasteiger partial charge on any atom is -0.481 e. The molecule has 17 heteroatoms. The topological polar surface area (TPSA) is 261 Å². The van der Waals surface area contributed by atoms with Gasteiger partial charge in [0.25, 0.3) is 0 Å². The summed E-state index contributed by atoms with van der Waals surface area (Å²) in [4.78, 5) is 22.1. The van der Waals surface area contributed by atoms with E-state index in [9.17, 15) is 9.59 Å². The lowest BCUT2D eigenvalue weighted by molar-refractivity contribution is -0.136. The molecule has 8 aromatic rings. The summed E-state index contributed by atoms with van der Waals surface area (Å²) in [6, 6.07) is 49.0. The highest BCUT2D eigenvalue weighted by molar-refractivity contribution is 7.15. The molecule has 0 spiro atoms. The van der Waals surface area contributed by atoms with Gasteiger partial charge in [0.1, 0.15) is 10.0 Å². The van der Waals surface area contributed by atoms with E-state index in [-0.39, 0.29) is 18.3 Å². The van der Waals surface area contributed by atoms with Crippen molar-refractivity contribution in [3.05, 3.63) is 195 Å². The molecule has 0 atom stereocenters. The Hall–Kier alpha value is -7.18. The van der Waals surface area contributed by atoms with E-state index in [0.29, 0.717) is 29.0 Å². The lowest BCUT2D eigenvalue weighted by Crippen LogP contribution is -2.14. The van der Waals surface area contributed by atoms with Crippen LogP contribution in [0.15, 0.2) is 156 Å². The molecule has 0 unspecified atom stereocenters. The quantitative estimate of drug-likeness (QED) is 0.0704. The summed E-state index contributed by atoms with van der Waals surface area (Å²) in [5, 5.41) is 37.3. The van der Waals surface area contributed by atoms with Crippen LogP contribution in [-0.4, -0.2) is 61.7 Å². The summed E-state index contributed by atoms with van der Waals surface area (Å²) in [6.07, 6.45) is 2.63. The van der Waals surface area contributed by atoms with Gasteiger partial charge in [0, 0.05) is 12.8 Å². The Bertz CT molecular complexity index is 2310. The van der Waals surface area contributed by atoms with E-state index in [1.165, 1.54) is 47.9 Å². The molecule has 5 aromatic carbocycles. The number of nitrogen functional groups attached to an aromatic ring is 2. The van der Waals surface area contributed by atoms with Gasteiger partial charge >= 0.3 is 12.0 Å². The number of nitrogens with zero attached hydrogens (tertiary/aromatic N) is 6. The number of carboxylic acids is 1. The molecule has 0 aliphatic rings. The van der Waals surface area contributed by atoms with Gasteiger partial charge in [-0.05, 0) is 41.9 Å². The van der Waals surface area contributed by atoms with E-state index in [2.05, 4.69) is 71.6 Å². The van der Waals surface area contributed by atoms with E-state index < -0.39 is 5.97 Å². The third-order valence-electron chi connectivity index (χ3n) is 7.68. The number of hydrogen-bond donors (Lipinski definition) is 6. The Kier molecular flexibility index (Phi) is 46.8. The van der Waals surface area contributed by atoms with Gasteiger partial charge in [-0.25, -0.2) is 0 Å². The highest BCUT2D eigenvalue weighted by Gasteiger charge is 2.10. The van der Waals surface area contributed by atoms with Gasteiger partial charge in [0.2, 0.25) is 22.1 Å². The monoisotopic (exact) mass is 1020 g/mol. The van der Waals surface area contributed by atoms with Crippen molar-refractivity contribution in [3.8, 4) is 0 Å². The fraction of sp³-hybridized carbons (Fsp3) is 0.309. The van der Waals surface area contributed by atoms with Gasteiger partial charge in [-0.3, -0.25) is 9.59 Å². The van der Waals surface area contributed by atoms with E-state index >= 15 is 0 Å². The highest BCUT2D eigenvalue weighted by atomic mass is 32.1. The maximum Gasteiger partial charge on any atom is 0.312 e. The number of rotatable bonds is 11. The van der Waals surface area contributed by atoms with Crippen LogP contribution < -0.4 is 28.3 Å². The second kappa shape index (κ2) is 48.8. The zero-order valence-corrected chi connectivity index (χ0v) is 46.1. The van der Waals surface area contributed by atoms with Crippen LogP contribution in [0.2, 0.25) is 0 Å². The lowest BCUT2D eigenvalue weighted by Gasteiger charge is -2.00. The summed E-state index contributed by atoms with van der Waals surface area (Å²) in [7, 11) is 3.00. The second-order valence-electron chi connectivity index (χ2n) is 12.3. The molecule has 0 bridgehead atoms. The van der Waals surface area contributed by atoms with Crippen molar-refractivity contribution in [2.75, 3.05) is 30.9 Å². The largest absolute Gasteiger partial charge is 0.481 e. The van der Waals surface area contributed by atoms with Crippen molar-refractivity contribution in [3.63, 3.8) is 0 Å². The first-order valence-electron chi connectivity index (χ1n) is 24.1. The molecule has 0 aliphatic heterocycles. The predicted octanol–water partition coefficient (Wildman–Crippen LogP) is 11.9. The molecule has 1 amide bonds. The molecule has 0 radical (unpaired) electrons. The van der Waals surface area contributed by atoms with Crippen LogP contribution in [0.4, 0.5) is 16.3 Å². The molecule has 0 saturated heterocycles. The number of carbonyl (C=O) groups excluding carboxylic acids is 1. The summed E-state index contributed by atoms with van der Waals surface area (Å²) < 4.78 is 5.04. The Morgan fingerprint density at radius 3 is 1.15 bits per heavy atom. The Morgan fingerprint density at radius 2 is 0.806 bits per heavy atom. The van der Waals surface area contributed by atoms with Crippen molar-refractivity contribution in [2.24, 2.45) is 11.5 Å². The third kappa shape index (κ3) is 34.2. The summed E-state index contributed by atoms with van der Waals surface area (Å²) in [5.41, 5.74) is 25.1. The Morgan fingerprint density at radius 1 is 0.458 bits per heavy atom. The number of nitrogens with one attached hydrogen (secondary N) is 1. The fourth-order valence-electron chi connectivity index (χ4n) is 5.08. The molecule has 0 saturated carbocycles. The standard InChI is InChI=1S/C17H15N3OS.C9H9N3O.C9H9N3S.C8H8O2.5C2H6.2CH5N/c21-15(11-13-7-3-1-4-8-13)18-17-20-19-16(22-17)12-14-9-5-2-6-10-14;2*10-9-12-11-8(13-9)6-7-4-2-1-3-5-7;9-8(10)6-7-4-2-1-3-5-7;7*1-2/h1-10H,11-12H2,(H,18,20,21);2*1-5H,6H2,(H2,10,12);1-5H,6H2,(H,9,10);5*1-2H3;2*2H2,1H3. The molecular weight excluding hydrogens is 943 g/mol. The van der Waals surface area contributed by atoms with Crippen molar-refractivity contribution >= 4 is 50.8 Å². The van der Waals surface area contributed by atoms with Crippen molar-refractivity contribution in [1.82, 2.24) is 30.6 Å². The van der Waals surface area contributed by atoms with Crippen LogP contribution in [0.5, 0.6) is 0 Å². The molecule has 10 N–H and O–H groups in total. The van der Waals surface area contributed by atoms with Crippen LogP contribution in [0.25, 0.3) is 0 Å². The molecular formula is C55H81N11O4S2. The van der Waals surface area contributed by atoms with E-state index in [0.717, 1.165) is 39.5 Å².